The molecule has 1 aromatic carbocycles. The molecule has 0 aliphatic heterocycles. The molecule has 0 saturated heterocycles. The van der Waals surface area contributed by atoms with Gasteiger partial charge in [0, 0.05) is 17.7 Å². The van der Waals surface area contributed by atoms with Crippen molar-refractivity contribution in [3.63, 3.8) is 0 Å². The molecule has 2 aromatic heterocycles. The van der Waals surface area contributed by atoms with Crippen LogP contribution in [0.2, 0.25) is 0 Å². The van der Waals surface area contributed by atoms with Gasteiger partial charge in [0.15, 0.2) is 16.3 Å². The zero-order valence-electron chi connectivity index (χ0n) is 20.2. The normalized spacial score (nSPS) is 13.7. The zero-order valence-corrected chi connectivity index (χ0v) is 21.9. The molecule has 0 aliphatic carbocycles. The summed E-state index contributed by atoms with van der Waals surface area (Å²) < 4.78 is 45.0. The van der Waals surface area contributed by atoms with Gasteiger partial charge in [-0.1, -0.05) is 44.7 Å². The Hall–Kier alpha value is -2.57. The first-order valence-electron chi connectivity index (χ1n) is 11.0. The number of carbonyl (C=O) groups excluding carboxylic acids is 1. The van der Waals surface area contributed by atoms with Crippen molar-refractivity contribution in [2.75, 3.05) is 31.0 Å². The van der Waals surface area contributed by atoms with E-state index in [1.165, 1.54) is 24.5 Å². The molecule has 1 unspecified atom stereocenters. The number of anilines is 1. The maximum atomic E-state index is 13.5. The number of rotatable bonds is 12. The highest BCUT2D eigenvalue weighted by molar-refractivity contribution is 8.13. The number of nitrogens with one attached hydrogen (secondary N) is 1. The lowest BCUT2D eigenvalue weighted by molar-refractivity contribution is -0.117. The highest BCUT2D eigenvalue weighted by Crippen LogP contribution is 2.49. The minimum absolute atomic E-state index is 0.00555. The SMILES string of the molecule is CC(C)(C)C(=O)SCCOP(=O)(COCCn1cnc2c(=O)[nH]c(N)nc21)OCc1cccc(F)c1. The van der Waals surface area contributed by atoms with Gasteiger partial charge in [0.25, 0.3) is 5.56 Å². The molecular formula is C22H29FN5O6PS. The first kappa shape index (κ1) is 28.0. The van der Waals surface area contributed by atoms with Crippen LogP contribution in [0.3, 0.4) is 0 Å². The molecule has 2 heterocycles. The van der Waals surface area contributed by atoms with Crippen LogP contribution >= 0.6 is 19.4 Å². The van der Waals surface area contributed by atoms with E-state index in [4.69, 9.17) is 19.5 Å². The van der Waals surface area contributed by atoms with E-state index in [0.29, 0.717) is 11.2 Å². The van der Waals surface area contributed by atoms with Crippen LogP contribution in [0.5, 0.6) is 0 Å². The fourth-order valence-corrected chi connectivity index (χ4v) is 5.11. The lowest BCUT2D eigenvalue weighted by Crippen LogP contribution is -2.17. The van der Waals surface area contributed by atoms with E-state index in [1.807, 2.05) is 20.8 Å². The van der Waals surface area contributed by atoms with Crippen molar-refractivity contribution in [1.29, 1.82) is 0 Å². The average molecular weight is 542 g/mol. The third kappa shape index (κ3) is 7.97. The highest BCUT2D eigenvalue weighted by atomic mass is 32.2. The van der Waals surface area contributed by atoms with Crippen molar-refractivity contribution in [3.8, 4) is 0 Å². The number of aromatic amines is 1. The fraction of sp³-hybridized carbons (Fsp3) is 0.455. The van der Waals surface area contributed by atoms with E-state index in [-0.39, 0.29) is 55.0 Å². The number of nitrogen functional groups attached to an aromatic ring is 1. The quantitative estimate of drug-likeness (QED) is 0.257. The number of imidazole rings is 1. The van der Waals surface area contributed by atoms with Crippen molar-refractivity contribution in [2.24, 2.45) is 5.41 Å². The fourth-order valence-electron chi connectivity index (χ4n) is 2.91. The number of H-pyrrole nitrogens is 1. The standard InChI is InChI=1S/C22H29FN5O6PS/c1-22(2,3)20(30)36-10-9-33-35(31,34-12-15-5-4-6-16(23)11-15)14-32-8-7-28-13-25-17-18(28)26-21(24)27-19(17)29/h4-6,11,13H,7-10,12,14H2,1-3H3,(H3,24,26,27,29). The van der Waals surface area contributed by atoms with Gasteiger partial charge in [0.1, 0.15) is 12.2 Å². The summed E-state index contributed by atoms with van der Waals surface area (Å²) in [5.41, 5.74) is 5.55. The highest BCUT2D eigenvalue weighted by Gasteiger charge is 2.27. The van der Waals surface area contributed by atoms with E-state index < -0.39 is 24.4 Å². The third-order valence-electron chi connectivity index (χ3n) is 4.75. The molecule has 0 bridgehead atoms. The van der Waals surface area contributed by atoms with Crippen LogP contribution in [0.4, 0.5) is 10.3 Å². The Morgan fingerprint density at radius 2 is 2.06 bits per heavy atom. The molecule has 0 amide bonds. The maximum Gasteiger partial charge on any atom is 0.356 e. The second kappa shape index (κ2) is 12.1. The molecule has 3 aromatic rings. The van der Waals surface area contributed by atoms with Crippen LogP contribution in [-0.2, 0) is 36.3 Å². The number of benzene rings is 1. The summed E-state index contributed by atoms with van der Waals surface area (Å²) in [7, 11) is -3.76. The zero-order chi connectivity index (χ0) is 26.3. The number of nitrogens with zero attached hydrogens (tertiary/aromatic N) is 3. The second-order valence-electron chi connectivity index (χ2n) is 8.83. The lowest BCUT2D eigenvalue weighted by atomic mass is 10.00. The molecule has 36 heavy (non-hydrogen) atoms. The van der Waals surface area contributed by atoms with Crippen LogP contribution in [0.25, 0.3) is 11.2 Å². The minimum atomic E-state index is -3.76. The summed E-state index contributed by atoms with van der Waals surface area (Å²) >= 11 is 1.08. The summed E-state index contributed by atoms with van der Waals surface area (Å²) in [6.07, 6.45) is 1.05. The monoisotopic (exact) mass is 541 g/mol. The molecule has 3 rings (SSSR count). The van der Waals surface area contributed by atoms with Gasteiger partial charge >= 0.3 is 7.60 Å². The van der Waals surface area contributed by atoms with Gasteiger partial charge in [-0.25, -0.2) is 9.37 Å². The average Bonchev–Trinajstić information content (AvgIpc) is 3.21. The van der Waals surface area contributed by atoms with Gasteiger partial charge in [0.05, 0.1) is 26.1 Å². The third-order valence-corrected chi connectivity index (χ3v) is 7.60. The van der Waals surface area contributed by atoms with Gasteiger partial charge < -0.3 is 24.1 Å². The Labute approximate surface area is 211 Å². The van der Waals surface area contributed by atoms with Crippen molar-refractivity contribution in [1.82, 2.24) is 19.5 Å². The molecule has 0 spiro atoms. The van der Waals surface area contributed by atoms with Crippen LogP contribution in [0.1, 0.15) is 26.3 Å². The Bertz CT molecular complexity index is 1310. The number of aromatic nitrogens is 4. The van der Waals surface area contributed by atoms with Crippen molar-refractivity contribution < 1.29 is 27.5 Å². The smallest absolute Gasteiger partial charge is 0.356 e. The van der Waals surface area contributed by atoms with Crippen LogP contribution < -0.4 is 11.3 Å². The first-order chi connectivity index (χ1) is 17.0. The van der Waals surface area contributed by atoms with Gasteiger partial charge in [0.2, 0.25) is 5.95 Å². The van der Waals surface area contributed by atoms with E-state index in [2.05, 4.69) is 15.0 Å². The predicted molar refractivity (Wildman–Crippen MR) is 135 cm³/mol. The second-order valence-corrected chi connectivity index (χ2v) is 11.9. The van der Waals surface area contributed by atoms with Gasteiger partial charge in [-0.2, -0.15) is 4.98 Å². The summed E-state index contributed by atoms with van der Waals surface area (Å²) in [6.45, 7) is 5.60. The molecular weight excluding hydrogens is 512 g/mol. The molecule has 14 heteroatoms. The number of thioether (sulfide) groups is 1. The number of nitrogens with two attached hydrogens (primary N) is 1. The molecule has 11 nitrogen and oxygen atoms in total. The Kier molecular flexibility index (Phi) is 9.42. The van der Waals surface area contributed by atoms with Crippen LogP contribution in [0, 0.1) is 11.2 Å². The van der Waals surface area contributed by atoms with E-state index in [1.54, 1.807) is 10.6 Å². The number of fused-ring (bicyclic) bond motifs is 1. The first-order valence-corrected chi connectivity index (χ1v) is 13.8. The Balaban J connectivity index is 1.58. The number of ether oxygens (including phenoxy) is 1. The summed E-state index contributed by atoms with van der Waals surface area (Å²) in [5.74, 6) is -0.200. The van der Waals surface area contributed by atoms with Gasteiger partial charge in [-0.3, -0.25) is 19.1 Å². The topological polar surface area (TPSA) is 151 Å². The van der Waals surface area contributed by atoms with Crippen LogP contribution in [-0.4, -0.2) is 49.9 Å². The van der Waals surface area contributed by atoms with Gasteiger partial charge in [-0.05, 0) is 17.7 Å². The Morgan fingerprint density at radius 3 is 2.78 bits per heavy atom. The van der Waals surface area contributed by atoms with Crippen molar-refractivity contribution in [3.05, 3.63) is 52.3 Å². The molecule has 0 fully saturated rings. The molecule has 1 atom stereocenters. The largest absolute Gasteiger partial charge is 0.369 e. The van der Waals surface area contributed by atoms with Gasteiger partial charge in [-0.15, -0.1) is 0 Å². The predicted octanol–water partition coefficient (Wildman–Crippen LogP) is 3.55. The summed E-state index contributed by atoms with van der Waals surface area (Å²) in [6, 6.07) is 5.72. The number of halogens is 1. The van der Waals surface area contributed by atoms with E-state index >= 15 is 0 Å². The number of hydrogen-bond donors (Lipinski definition) is 2. The van der Waals surface area contributed by atoms with Crippen molar-refractivity contribution >= 4 is 41.6 Å². The Morgan fingerprint density at radius 1 is 1.28 bits per heavy atom. The molecule has 0 radical (unpaired) electrons. The molecule has 3 N–H and O–H groups in total. The summed E-state index contributed by atoms with van der Waals surface area (Å²) in [4.78, 5) is 34.5. The molecule has 196 valence electrons. The van der Waals surface area contributed by atoms with E-state index in [0.717, 1.165) is 11.8 Å². The maximum absolute atomic E-state index is 13.5. The lowest BCUT2D eigenvalue weighted by Gasteiger charge is -2.20. The van der Waals surface area contributed by atoms with Crippen LogP contribution in [0.15, 0.2) is 35.4 Å². The number of hydrogen-bond acceptors (Lipinski definition) is 10. The molecule has 0 aliphatic rings. The summed E-state index contributed by atoms with van der Waals surface area (Å²) in [5, 5.41) is -0.0153. The van der Waals surface area contributed by atoms with Crippen molar-refractivity contribution in [2.45, 2.75) is 33.9 Å². The minimum Gasteiger partial charge on any atom is -0.369 e. The van der Waals surface area contributed by atoms with E-state index in [9.17, 15) is 18.5 Å². The number of carbonyl (C=O) groups is 1. The molecule has 0 saturated carbocycles.